The third-order valence-corrected chi connectivity index (χ3v) is 5.28. The van der Waals surface area contributed by atoms with E-state index in [1.54, 1.807) is 66.7 Å². The molecule has 34 heavy (non-hydrogen) atoms. The van der Waals surface area contributed by atoms with Crippen LogP contribution in [0.4, 0.5) is 5.69 Å². The SMILES string of the molecule is CCOc1ccc(C(=O)Oc2ccc(Br)cc2C=NNC(=O)C(=O)Nc2ccc(Br)cc2)cc1. The second-order valence-corrected chi connectivity index (χ2v) is 8.52. The first-order valence-corrected chi connectivity index (χ1v) is 11.6. The van der Waals surface area contributed by atoms with E-state index in [4.69, 9.17) is 9.47 Å². The molecular formula is C24H19Br2N3O5. The molecule has 2 amide bonds. The number of hydrazone groups is 1. The van der Waals surface area contributed by atoms with Crippen LogP contribution in [0.25, 0.3) is 0 Å². The number of benzene rings is 3. The molecule has 0 fully saturated rings. The maximum Gasteiger partial charge on any atom is 0.343 e. The van der Waals surface area contributed by atoms with E-state index in [2.05, 4.69) is 47.7 Å². The van der Waals surface area contributed by atoms with Gasteiger partial charge in [-0.05, 0) is 73.7 Å². The van der Waals surface area contributed by atoms with Crippen LogP contribution in [0.1, 0.15) is 22.8 Å². The molecule has 0 aliphatic carbocycles. The molecule has 2 N–H and O–H groups in total. The van der Waals surface area contributed by atoms with Gasteiger partial charge < -0.3 is 14.8 Å². The zero-order chi connectivity index (χ0) is 24.5. The minimum atomic E-state index is -0.956. The number of carbonyl (C=O) groups excluding carboxylic acids is 3. The predicted octanol–water partition coefficient (Wildman–Crippen LogP) is 4.92. The van der Waals surface area contributed by atoms with Gasteiger partial charge in [0.1, 0.15) is 11.5 Å². The lowest BCUT2D eigenvalue weighted by Gasteiger charge is -2.09. The van der Waals surface area contributed by atoms with Crippen LogP contribution in [-0.2, 0) is 9.59 Å². The largest absolute Gasteiger partial charge is 0.494 e. The second-order valence-electron chi connectivity index (χ2n) is 6.69. The van der Waals surface area contributed by atoms with E-state index in [0.717, 1.165) is 4.47 Å². The average Bonchev–Trinajstić information content (AvgIpc) is 2.82. The molecule has 0 aromatic heterocycles. The van der Waals surface area contributed by atoms with Crippen molar-refractivity contribution < 1.29 is 23.9 Å². The molecule has 0 aliphatic heterocycles. The van der Waals surface area contributed by atoms with Crippen molar-refractivity contribution in [3.63, 3.8) is 0 Å². The fourth-order valence-electron chi connectivity index (χ4n) is 2.66. The van der Waals surface area contributed by atoms with Gasteiger partial charge >= 0.3 is 17.8 Å². The molecule has 0 saturated carbocycles. The first-order chi connectivity index (χ1) is 16.4. The Bertz CT molecular complexity index is 1210. The molecule has 0 bridgehead atoms. The van der Waals surface area contributed by atoms with Gasteiger partial charge in [-0.2, -0.15) is 5.10 Å². The van der Waals surface area contributed by atoms with Crippen LogP contribution in [0.15, 0.2) is 80.8 Å². The first-order valence-electron chi connectivity index (χ1n) is 10.00. The lowest BCUT2D eigenvalue weighted by Crippen LogP contribution is -2.32. The summed E-state index contributed by atoms with van der Waals surface area (Å²) in [6.45, 7) is 2.39. The van der Waals surface area contributed by atoms with Crippen LogP contribution < -0.4 is 20.2 Å². The average molecular weight is 589 g/mol. The number of halogens is 2. The quantitative estimate of drug-likeness (QED) is 0.134. The lowest BCUT2D eigenvalue weighted by atomic mass is 10.2. The maximum absolute atomic E-state index is 12.5. The summed E-state index contributed by atoms with van der Waals surface area (Å²) in [4.78, 5) is 36.6. The standard InChI is InChI=1S/C24H19Br2N3O5/c1-2-33-20-10-3-15(4-11-20)24(32)34-21-12-7-18(26)13-16(21)14-27-29-23(31)22(30)28-19-8-5-17(25)6-9-19/h3-14H,2H2,1H3,(H,28,30)(H,29,31). The molecular weight excluding hydrogens is 570 g/mol. The molecule has 8 nitrogen and oxygen atoms in total. The molecule has 174 valence electrons. The number of carbonyl (C=O) groups is 3. The predicted molar refractivity (Wildman–Crippen MR) is 135 cm³/mol. The molecule has 0 radical (unpaired) electrons. The number of ether oxygens (including phenoxy) is 2. The molecule has 0 saturated heterocycles. The Morgan fingerprint density at radius 3 is 2.26 bits per heavy atom. The maximum atomic E-state index is 12.5. The number of hydrogen-bond acceptors (Lipinski definition) is 6. The van der Waals surface area contributed by atoms with E-state index < -0.39 is 17.8 Å². The van der Waals surface area contributed by atoms with E-state index in [9.17, 15) is 14.4 Å². The summed E-state index contributed by atoms with van der Waals surface area (Å²) in [6.07, 6.45) is 1.27. The summed E-state index contributed by atoms with van der Waals surface area (Å²) in [5.41, 5.74) is 3.36. The topological polar surface area (TPSA) is 106 Å². The number of rotatable bonds is 7. The van der Waals surface area contributed by atoms with Crippen LogP contribution >= 0.6 is 31.9 Å². The fraction of sp³-hybridized carbons (Fsp3) is 0.0833. The van der Waals surface area contributed by atoms with Crippen molar-refractivity contribution in [1.29, 1.82) is 0 Å². The Morgan fingerprint density at radius 2 is 1.59 bits per heavy atom. The first kappa shape index (κ1) is 25.1. The third-order valence-electron chi connectivity index (χ3n) is 4.25. The van der Waals surface area contributed by atoms with Crippen molar-refractivity contribution in [2.24, 2.45) is 5.10 Å². The highest BCUT2D eigenvalue weighted by Gasteiger charge is 2.14. The van der Waals surface area contributed by atoms with Gasteiger partial charge in [-0.15, -0.1) is 0 Å². The summed E-state index contributed by atoms with van der Waals surface area (Å²) in [7, 11) is 0. The molecule has 0 atom stereocenters. The molecule has 0 spiro atoms. The normalized spacial score (nSPS) is 10.6. The van der Waals surface area contributed by atoms with E-state index in [0.29, 0.717) is 33.6 Å². The summed E-state index contributed by atoms with van der Waals surface area (Å²) in [5, 5.41) is 6.27. The van der Waals surface area contributed by atoms with Crippen LogP contribution in [-0.4, -0.2) is 30.6 Å². The number of esters is 1. The molecule has 0 unspecified atom stereocenters. The third kappa shape index (κ3) is 7.26. The number of amides is 2. The Kier molecular flexibility index (Phi) is 8.94. The second kappa shape index (κ2) is 12.1. The van der Waals surface area contributed by atoms with E-state index >= 15 is 0 Å². The molecule has 3 rings (SSSR count). The minimum Gasteiger partial charge on any atom is -0.494 e. The zero-order valence-electron chi connectivity index (χ0n) is 17.9. The molecule has 0 aliphatic rings. The highest BCUT2D eigenvalue weighted by molar-refractivity contribution is 9.10. The summed E-state index contributed by atoms with van der Waals surface area (Å²) in [6, 6.07) is 18.2. The van der Waals surface area contributed by atoms with E-state index in [1.807, 2.05) is 6.92 Å². The van der Waals surface area contributed by atoms with Crippen LogP contribution in [0.3, 0.4) is 0 Å². The highest BCUT2D eigenvalue weighted by Crippen LogP contribution is 2.23. The summed E-state index contributed by atoms with van der Waals surface area (Å²) < 4.78 is 12.4. The summed E-state index contributed by atoms with van der Waals surface area (Å²) >= 11 is 6.64. The van der Waals surface area contributed by atoms with Gasteiger partial charge in [-0.1, -0.05) is 31.9 Å². The van der Waals surface area contributed by atoms with Crippen molar-refractivity contribution in [3.8, 4) is 11.5 Å². The smallest absolute Gasteiger partial charge is 0.343 e. The van der Waals surface area contributed by atoms with Gasteiger partial charge in [-0.3, -0.25) is 9.59 Å². The number of nitrogens with one attached hydrogen (secondary N) is 2. The van der Waals surface area contributed by atoms with E-state index in [-0.39, 0.29) is 5.75 Å². The van der Waals surface area contributed by atoms with Crippen LogP contribution in [0.2, 0.25) is 0 Å². The Morgan fingerprint density at radius 1 is 0.912 bits per heavy atom. The van der Waals surface area contributed by atoms with Crippen molar-refractivity contribution >= 4 is 61.5 Å². The van der Waals surface area contributed by atoms with Crippen molar-refractivity contribution in [2.45, 2.75) is 6.92 Å². The summed E-state index contributed by atoms with van der Waals surface area (Å²) in [5.74, 6) is -1.54. The van der Waals surface area contributed by atoms with Gasteiger partial charge in [0.25, 0.3) is 0 Å². The van der Waals surface area contributed by atoms with Crippen LogP contribution in [0.5, 0.6) is 11.5 Å². The van der Waals surface area contributed by atoms with Gasteiger partial charge in [0.15, 0.2) is 0 Å². The van der Waals surface area contributed by atoms with Gasteiger partial charge in [0.2, 0.25) is 0 Å². The Balaban J connectivity index is 1.64. The van der Waals surface area contributed by atoms with Gasteiger partial charge in [0.05, 0.1) is 18.4 Å². The monoisotopic (exact) mass is 587 g/mol. The van der Waals surface area contributed by atoms with Gasteiger partial charge in [-0.25, -0.2) is 10.2 Å². The van der Waals surface area contributed by atoms with Gasteiger partial charge in [0, 0.05) is 20.2 Å². The lowest BCUT2D eigenvalue weighted by molar-refractivity contribution is -0.136. The minimum absolute atomic E-state index is 0.222. The van der Waals surface area contributed by atoms with E-state index in [1.165, 1.54) is 6.21 Å². The number of nitrogens with zero attached hydrogens (tertiary/aromatic N) is 1. The molecule has 10 heteroatoms. The van der Waals surface area contributed by atoms with Crippen molar-refractivity contribution in [3.05, 3.63) is 86.8 Å². The Labute approximate surface area is 212 Å². The molecule has 0 heterocycles. The Hall–Kier alpha value is -3.50. The number of anilines is 1. The molecule has 3 aromatic rings. The highest BCUT2D eigenvalue weighted by atomic mass is 79.9. The number of hydrogen-bond donors (Lipinski definition) is 2. The van der Waals surface area contributed by atoms with Crippen molar-refractivity contribution in [2.75, 3.05) is 11.9 Å². The molecule has 3 aromatic carbocycles. The van der Waals surface area contributed by atoms with Crippen LogP contribution in [0, 0.1) is 0 Å². The fourth-order valence-corrected chi connectivity index (χ4v) is 3.30. The van der Waals surface area contributed by atoms with Crippen molar-refractivity contribution in [1.82, 2.24) is 5.43 Å². The zero-order valence-corrected chi connectivity index (χ0v) is 21.1.